The molecule has 1 unspecified atom stereocenters. The number of nitriles is 1. The Morgan fingerprint density at radius 3 is 2.59 bits per heavy atom. The molecule has 3 saturated heterocycles. The molecule has 0 spiro atoms. The molecule has 190 valence electrons. The molecule has 3 aromatic carbocycles. The van der Waals surface area contributed by atoms with Crippen molar-refractivity contribution < 1.29 is 14.4 Å². The van der Waals surface area contributed by atoms with Gasteiger partial charge in [0.05, 0.1) is 34.5 Å². The molecule has 9 nitrogen and oxygen atoms in total. The first kappa shape index (κ1) is 22.9. The number of benzene rings is 3. The van der Waals surface area contributed by atoms with E-state index in [0.717, 1.165) is 11.1 Å². The van der Waals surface area contributed by atoms with Crippen molar-refractivity contribution in [3.63, 3.8) is 0 Å². The normalized spacial score (nSPS) is 21.4. The lowest BCUT2D eigenvalue weighted by atomic mass is 10.0. The highest BCUT2D eigenvalue weighted by Crippen LogP contribution is 2.44. The molecule has 39 heavy (non-hydrogen) atoms. The van der Waals surface area contributed by atoms with Crippen molar-refractivity contribution in [2.45, 2.75) is 24.5 Å². The maximum atomic E-state index is 13.8. The quantitative estimate of drug-likeness (QED) is 0.402. The van der Waals surface area contributed by atoms with Gasteiger partial charge in [-0.1, -0.05) is 48.5 Å². The van der Waals surface area contributed by atoms with E-state index >= 15 is 0 Å². The summed E-state index contributed by atoms with van der Waals surface area (Å²) in [4.78, 5) is 49.7. The number of carbonyl (C=O) groups excluding carboxylic acids is 3. The molecule has 9 heteroatoms. The molecule has 7 rings (SSSR count). The number of imide groups is 1. The second kappa shape index (κ2) is 8.67. The molecule has 3 aliphatic heterocycles. The average Bonchev–Trinajstić information content (AvgIpc) is 3.64. The maximum absolute atomic E-state index is 13.8. The predicted molar refractivity (Wildman–Crippen MR) is 145 cm³/mol. The van der Waals surface area contributed by atoms with Gasteiger partial charge in [-0.25, -0.2) is 14.5 Å². The number of nitrogens with zero attached hydrogens (tertiary/aromatic N) is 5. The Hall–Kier alpha value is -5.23. The summed E-state index contributed by atoms with van der Waals surface area (Å²) < 4.78 is 0. The van der Waals surface area contributed by atoms with Gasteiger partial charge < -0.3 is 15.1 Å². The lowest BCUT2D eigenvalue weighted by molar-refractivity contribution is -0.120. The van der Waals surface area contributed by atoms with Gasteiger partial charge in [0.2, 0.25) is 0 Å². The third kappa shape index (κ3) is 3.38. The van der Waals surface area contributed by atoms with Gasteiger partial charge in [0.1, 0.15) is 12.1 Å². The van der Waals surface area contributed by atoms with E-state index < -0.39 is 18.1 Å². The number of anilines is 2. The monoisotopic (exact) mass is 514 g/mol. The van der Waals surface area contributed by atoms with Gasteiger partial charge in [0, 0.05) is 23.7 Å². The van der Waals surface area contributed by atoms with Crippen molar-refractivity contribution in [2.75, 3.05) is 16.8 Å². The molecular weight excluding hydrogens is 492 g/mol. The summed E-state index contributed by atoms with van der Waals surface area (Å²) in [5.41, 5.74) is 3.77. The molecule has 0 saturated carbocycles. The van der Waals surface area contributed by atoms with Gasteiger partial charge in [-0.2, -0.15) is 5.26 Å². The van der Waals surface area contributed by atoms with Crippen LogP contribution in [0.25, 0.3) is 22.0 Å². The number of hydrogen-bond acceptors (Lipinski definition) is 5. The van der Waals surface area contributed by atoms with Gasteiger partial charge >= 0.3 is 12.1 Å². The van der Waals surface area contributed by atoms with Gasteiger partial charge in [0.15, 0.2) is 0 Å². The number of carbonyl (C=O) groups is 3. The first-order chi connectivity index (χ1) is 19.1. The van der Waals surface area contributed by atoms with Gasteiger partial charge in [-0.05, 0) is 42.3 Å². The predicted octanol–water partition coefficient (Wildman–Crippen LogP) is 4.60. The first-order valence-corrected chi connectivity index (χ1v) is 12.7. The third-order valence-electron chi connectivity index (χ3n) is 7.89. The molecule has 0 aliphatic carbocycles. The van der Waals surface area contributed by atoms with Crippen LogP contribution in [0.3, 0.4) is 0 Å². The number of hydrogen-bond donors (Lipinski definition) is 1. The maximum Gasteiger partial charge on any atom is 0.332 e. The summed E-state index contributed by atoms with van der Waals surface area (Å²) in [7, 11) is 0. The summed E-state index contributed by atoms with van der Waals surface area (Å²) in [5, 5.41) is 13.1. The standard InChI is InChI=1S/C30H22N6O3/c31-16-19-12-13-24(22-10-6-14-32-26(19)22)36-28(37)27-25-15-20(35(27)30(36)39)17-34(25)29(38)33-23-11-5-4-9-21(23)18-7-2-1-3-8-18/h1-14,20,25,27H,15,17H2,(H,33,38)/t20-,25?,27-/m1/s1. The summed E-state index contributed by atoms with van der Waals surface area (Å²) in [6.07, 6.45) is 2.13. The largest absolute Gasteiger partial charge is 0.332 e. The Kier molecular flexibility index (Phi) is 5.10. The second-order valence-corrected chi connectivity index (χ2v) is 9.90. The number of rotatable bonds is 3. The van der Waals surface area contributed by atoms with Crippen LogP contribution >= 0.6 is 0 Å². The minimum absolute atomic E-state index is 0.251. The summed E-state index contributed by atoms with van der Waals surface area (Å²) >= 11 is 0. The lowest BCUT2D eigenvalue weighted by Crippen LogP contribution is -2.55. The van der Waals surface area contributed by atoms with Crippen molar-refractivity contribution in [1.29, 1.82) is 5.26 Å². The Balaban J connectivity index is 1.18. The number of aromatic nitrogens is 1. The van der Waals surface area contributed by atoms with Crippen LogP contribution in [0.4, 0.5) is 21.0 Å². The molecule has 3 atom stereocenters. The van der Waals surface area contributed by atoms with Crippen molar-refractivity contribution in [3.05, 3.63) is 90.6 Å². The molecule has 3 aliphatic rings. The molecular formula is C30H22N6O3. The third-order valence-corrected chi connectivity index (χ3v) is 7.89. The number of pyridine rings is 1. The fourth-order valence-electron chi connectivity index (χ4n) is 6.20. The SMILES string of the molecule is N#Cc1ccc(N2C(=O)[C@H]3C4C[C@H](CN4C(=O)Nc4ccccc4-c4ccccc4)N3C2=O)c2cccnc12. The first-order valence-electron chi connectivity index (χ1n) is 12.7. The summed E-state index contributed by atoms with van der Waals surface area (Å²) in [5.74, 6) is -0.371. The fourth-order valence-corrected chi connectivity index (χ4v) is 6.20. The zero-order valence-electron chi connectivity index (χ0n) is 20.7. The minimum Gasteiger partial charge on any atom is -0.317 e. The molecule has 4 aromatic rings. The van der Waals surface area contributed by atoms with Crippen LogP contribution in [-0.2, 0) is 4.79 Å². The molecule has 1 N–H and O–H groups in total. The number of likely N-dealkylation sites (tertiary alicyclic amines) is 1. The van der Waals surface area contributed by atoms with Crippen LogP contribution in [0.15, 0.2) is 85.1 Å². The van der Waals surface area contributed by atoms with Crippen LogP contribution in [0.2, 0.25) is 0 Å². The molecule has 3 fully saturated rings. The highest BCUT2D eigenvalue weighted by atomic mass is 16.2. The Morgan fingerprint density at radius 2 is 1.77 bits per heavy atom. The van der Waals surface area contributed by atoms with Crippen LogP contribution in [-0.4, -0.2) is 57.4 Å². The molecule has 0 radical (unpaired) electrons. The Labute approximate surface area is 223 Å². The lowest BCUT2D eigenvalue weighted by Gasteiger charge is -2.35. The van der Waals surface area contributed by atoms with E-state index in [9.17, 15) is 19.6 Å². The van der Waals surface area contributed by atoms with Crippen LogP contribution in [0.1, 0.15) is 12.0 Å². The number of para-hydroxylation sites is 1. The molecule has 2 bridgehead atoms. The molecule has 4 heterocycles. The topological polar surface area (TPSA) is 110 Å². The van der Waals surface area contributed by atoms with E-state index in [1.165, 1.54) is 4.90 Å². The summed E-state index contributed by atoms with van der Waals surface area (Å²) in [6, 6.07) is 24.1. The zero-order chi connectivity index (χ0) is 26.7. The van der Waals surface area contributed by atoms with E-state index in [-0.39, 0.29) is 18.0 Å². The smallest absolute Gasteiger partial charge is 0.317 e. The zero-order valence-corrected chi connectivity index (χ0v) is 20.7. The highest BCUT2D eigenvalue weighted by molar-refractivity contribution is 6.25. The van der Waals surface area contributed by atoms with Crippen molar-refractivity contribution in [3.8, 4) is 17.2 Å². The number of urea groups is 2. The van der Waals surface area contributed by atoms with Crippen molar-refractivity contribution in [1.82, 2.24) is 14.8 Å². The number of fused-ring (bicyclic) bond motifs is 6. The van der Waals surface area contributed by atoms with Crippen LogP contribution in [0, 0.1) is 11.3 Å². The Bertz CT molecular complexity index is 1720. The molecule has 1 aromatic heterocycles. The number of nitrogens with one attached hydrogen (secondary N) is 1. The highest BCUT2D eigenvalue weighted by Gasteiger charge is 2.63. The summed E-state index contributed by atoms with van der Waals surface area (Å²) in [6.45, 7) is 0.350. The van der Waals surface area contributed by atoms with E-state index in [1.54, 1.807) is 40.3 Å². The second-order valence-electron chi connectivity index (χ2n) is 9.90. The van der Waals surface area contributed by atoms with E-state index in [0.29, 0.717) is 40.8 Å². The van der Waals surface area contributed by atoms with Crippen LogP contribution < -0.4 is 10.2 Å². The molecule has 5 amide bonds. The average molecular weight is 515 g/mol. The fraction of sp³-hybridized carbons (Fsp3) is 0.167. The van der Waals surface area contributed by atoms with E-state index in [2.05, 4.69) is 16.4 Å². The van der Waals surface area contributed by atoms with Gasteiger partial charge in [0.25, 0.3) is 5.91 Å². The Morgan fingerprint density at radius 1 is 0.974 bits per heavy atom. The number of amides is 5. The van der Waals surface area contributed by atoms with Crippen molar-refractivity contribution >= 4 is 40.2 Å². The van der Waals surface area contributed by atoms with Gasteiger partial charge in [-0.3, -0.25) is 9.78 Å². The van der Waals surface area contributed by atoms with E-state index in [4.69, 9.17) is 0 Å². The van der Waals surface area contributed by atoms with Crippen LogP contribution in [0.5, 0.6) is 0 Å². The van der Waals surface area contributed by atoms with Gasteiger partial charge in [-0.15, -0.1) is 0 Å². The minimum atomic E-state index is -0.756. The van der Waals surface area contributed by atoms with Crippen molar-refractivity contribution in [2.24, 2.45) is 0 Å². The number of piperazine rings is 1. The van der Waals surface area contributed by atoms with E-state index in [1.807, 2.05) is 54.6 Å².